The van der Waals surface area contributed by atoms with Crippen molar-refractivity contribution in [3.63, 3.8) is 0 Å². The van der Waals surface area contributed by atoms with E-state index in [4.69, 9.17) is 13.6 Å². The number of sulfonamides is 2. The number of benzene rings is 2. The Morgan fingerprint density at radius 1 is 0.590 bits per heavy atom. The first-order valence-electron chi connectivity index (χ1n) is 26.8. The molecule has 4 aromatic rings. The quantitative estimate of drug-likeness (QED) is 0.0290. The molecule has 0 fully saturated rings. The average molecular weight is 1230 g/mol. The summed E-state index contributed by atoms with van der Waals surface area (Å²) >= 11 is 0. The smallest absolute Gasteiger partial charge is 0.308 e. The minimum absolute atomic E-state index is 0.0302. The number of aromatic nitrogens is 4. The lowest BCUT2D eigenvalue weighted by Crippen LogP contribution is -2.44. The lowest BCUT2D eigenvalue weighted by Gasteiger charge is -2.39. The van der Waals surface area contributed by atoms with Gasteiger partial charge in [0.25, 0.3) is 0 Å². The number of methoxy groups -OCH3 is 2. The van der Waals surface area contributed by atoms with E-state index in [1.807, 2.05) is 40.8 Å². The van der Waals surface area contributed by atoms with E-state index < -0.39 is 60.4 Å². The van der Waals surface area contributed by atoms with Crippen LogP contribution in [0.15, 0.2) is 54.6 Å². The molecule has 0 saturated carbocycles. The van der Waals surface area contributed by atoms with Gasteiger partial charge in [0.15, 0.2) is 28.7 Å². The number of ether oxygens (including phenoxy) is 2. The molecular weight excluding hydrogens is 1150 g/mol. The fourth-order valence-electron chi connectivity index (χ4n) is 7.17. The predicted octanol–water partition coefficient (Wildman–Crippen LogP) is 11.3. The largest absolute Gasteiger partial charge is 0.469 e. The molecule has 4 rings (SSSR count). The van der Waals surface area contributed by atoms with Crippen molar-refractivity contribution in [3.8, 4) is 22.5 Å². The number of halogens is 2. The number of carbonyl (C=O) groups excluding carboxylic acids is 5. The van der Waals surface area contributed by atoms with Crippen molar-refractivity contribution in [2.45, 2.75) is 162 Å². The van der Waals surface area contributed by atoms with Crippen LogP contribution in [0.3, 0.4) is 0 Å². The molecule has 0 spiro atoms. The number of carbonyl (C=O) groups is 5. The molecule has 0 aliphatic rings. The number of nitrogens with zero attached hydrogens (tertiary/aromatic N) is 6. The van der Waals surface area contributed by atoms with Gasteiger partial charge < -0.3 is 18.3 Å². The van der Waals surface area contributed by atoms with Crippen LogP contribution in [0, 0.1) is 11.6 Å². The maximum atomic E-state index is 13.7. The van der Waals surface area contributed by atoms with Gasteiger partial charge in [0.1, 0.15) is 17.4 Å². The lowest BCUT2D eigenvalue weighted by atomic mass is 9.97. The van der Waals surface area contributed by atoms with Gasteiger partial charge in [-0.05, 0) is 116 Å². The number of rotatable bonds is 23. The second kappa shape index (κ2) is 30.2. The van der Waals surface area contributed by atoms with E-state index in [0.29, 0.717) is 40.1 Å². The van der Waals surface area contributed by atoms with E-state index in [1.165, 1.54) is 89.8 Å². The molecule has 83 heavy (non-hydrogen) atoms. The number of Topliss-reactive ketones (excluding diaryl/α,β-unsaturated/α-hetero) is 1. The van der Waals surface area contributed by atoms with Crippen molar-refractivity contribution in [1.82, 2.24) is 19.9 Å². The molecule has 2 heterocycles. The molecule has 2 aromatic carbocycles. The molecule has 25 heteroatoms. The fraction of sp³-hybridized carbons (Fsp3) is 0.534. The van der Waals surface area contributed by atoms with Gasteiger partial charge in [-0.25, -0.2) is 54.2 Å². The van der Waals surface area contributed by atoms with Crippen LogP contribution in [0.1, 0.15) is 141 Å². The average Bonchev–Trinajstić information content (AvgIpc) is 3.56. The summed E-state index contributed by atoms with van der Waals surface area (Å²) in [6.07, 6.45) is 4.97. The van der Waals surface area contributed by atoms with E-state index in [1.54, 1.807) is 6.08 Å². The molecule has 19 nitrogen and oxygen atoms in total. The van der Waals surface area contributed by atoms with Crippen LogP contribution in [0.5, 0.6) is 0 Å². The van der Waals surface area contributed by atoms with Crippen LogP contribution in [0.4, 0.5) is 20.7 Å². The molecular formula is C58H86F2N6O13S2Si2. The minimum atomic E-state index is -3.67. The van der Waals surface area contributed by atoms with Gasteiger partial charge in [-0.2, -0.15) is 0 Å². The van der Waals surface area contributed by atoms with Crippen molar-refractivity contribution in [2.24, 2.45) is 0 Å². The van der Waals surface area contributed by atoms with Gasteiger partial charge >= 0.3 is 11.9 Å². The van der Waals surface area contributed by atoms with Crippen molar-refractivity contribution in [3.05, 3.63) is 88.8 Å². The molecule has 2 aromatic heterocycles. The lowest BCUT2D eigenvalue weighted by molar-refractivity contribution is -0.144. The first-order chi connectivity index (χ1) is 37.9. The topological polar surface area (TPSA) is 249 Å². The van der Waals surface area contributed by atoms with Crippen LogP contribution < -0.4 is 8.61 Å². The summed E-state index contributed by atoms with van der Waals surface area (Å²) in [6, 6.07) is 11.1. The van der Waals surface area contributed by atoms with Gasteiger partial charge in [0.2, 0.25) is 31.9 Å². The molecule has 1 unspecified atom stereocenters. The van der Waals surface area contributed by atoms with E-state index in [-0.39, 0.29) is 94.4 Å². The SMILES string of the molecule is CC(C)c1nc(N(C)S(C)(=O)=O)nc(-c2ccc(F)cc2)c1C=O.COC(=O)CC(CC(C)=O)O[Si](C)(C)C(C)(C)C.COC(=O)C[C@@H](CC(=O)/C=C/c1c(-c2ccc(F)cc2)nc(N(C)S(C)(=O)=O)nc1C(C)C)O[Si](C)(C)C(C)(C)C. The highest BCUT2D eigenvalue weighted by molar-refractivity contribution is 7.92. The minimum Gasteiger partial charge on any atom is -0.469 e. The Bertz CT molecular complexity index is 3170. The standard InChI is InChI=1S/C29H42FN3O6SSi.C16H18FN3O3S.C13H26O4Si/c1-19(2)26-24(16-15-22(34)17-23(18-25(35)38-7)39-41(9,10)29(3,4)5)27(20-11-13-21(30)14-12-20)32-28(31-26)33(6)40(8,36)37;1-10(2)14-13(9-21)15(11-5-7-12(17)8-6-11)19-16(18-14)20(3)24(4,22)23;1-10(14)8-11(9-12(15)16-5)17-18(6,7)13(2,3)4/h11-16,19,23H,17-18H2,1-10H3;5-10H,1-4H3;11H,8-9H2,1-7H3/b16-15+;;/t23-;;/m1../s1. The Labute approximate surface area is 492 Å². The third-order valence-corrected chi connectivity index (χ3v) is 25.5. The van der Waals surface area contributed by atoms with Gasteiger partial charge in [-0.15, -0.1) is 0 Å². The molecule has 0 N–H and O–H groups in total. The molecule has 0 bridgehead atoms. The number of aldehydes is 1. The summed E-state index contributed by atoms with van der Waals surface area (Å²) in [7, 11) is -6.18. The number of allylic oxidation sites excluding steroid dienone is 1. The van der Waals surface area contributed by atoms with Crippen LogP contribution in [0.2, 0.25) is 36.3 Å². The zero-order valence-corrected chi connectivity index (χ0v) is 55.7. The summed E-state index contributed by atoms with van der Waals surface area (Å²) in [5.74, 6) is -2.29. The zero-order chi connectivity index (χ0) is 64.0. The van der Waals surface area contributed by atoms with Crippen molar-refractivity contribution >= 4 is 84.4 Å². The van der Waals surface area contributed by atoms with Gasteiger partial charge in [-0.3, -0.25) is 24.0 Å². The number of hydrogen-bond acceptors (Lipinski definition) is 17. The summed E-state index contributed by atoms with van der Waals surface area (Å²) in [5, 5.41) is -0.0765. The molecule has 0 aliphatic carbocycles. The maximum Gasteiger partial charge on any atom is 0.308 e. The normalized spacial score (nSPS) is 13.1. The summed E-state index contributed by atoms with van der Waals surface area (Å²) < 4.78 is 98.9. The molecule has 0 radical (unpaired) electrons. The highest BCUT2D eigenvalue weighted by atomic mass is 32.2. The van der Waals surface area contributed by atoms with E-state index in [9.17, 15) is 49.6 Å². The van der Waals surface area contributed by atoms with Gasteiger partial charge in [-0.1, -0.05) is 69.2 Å². The van der Waals surface area contributed by atoms with Crippen molar-refractivity contribution in [1.29, 1.82) is 0 Å². The van der Waals surface area contributed by atoms with Gasteiger partial charge in [0, 0.05) is 43.6 Å². The third kappa shape index (κ3) is 22.2. The second-order valence-corrected chi connectivity index (χ2v) is 37.3. The number of anilines is 2. The number of esters is 2. The predicted molar refractivity (Wildman–Crippen MR) is 326 cm³/mol. The van der Waals surface area contributed by atoms with Crippen molar-refractivity contribution in [2.75, 3.05) is 49.4 Å². The molecule has 0 saturated heterocycles. The first kappa shape index (κ1) is 73.1. The molecule has 460 valence electrons. The molecule has 0 aliphatic heterocycles. The highest BCUT2D eigenvalue weighted by Gasteiger charge is 2.41. The number of ketones is 2. The maximum absolute atomic E-state index is 13.7. The van der Waals surface area contributed by atoms with E-state index >= 15 is 0 Å². The third-order valence-electron chi connectivity index (χ3n) is 14.1. The Kier molecular flexibility index (Phi) is 26.6. The molecule has 0 amide bonds. The van der Waals surface area contributed by atoms with Crippen LogP contribution >= 0.6 is 0 Å². The summed E-state index contributed by atoms with van der Waals surface area (Å²) in [4.78, 5) is 77.0. The Morgan fingerprint density at radius 2 is 0.928 bits per heavy atom. The fourth-order valence-corrected chi connectivity index (χ4v) is 10.6. The second-order valence-electron chi connectivity index (χ2n) is 23.7. The first-order valence-corrected chi connectivity index (χ1v) is 36.3. The monoisotopic (exact) mass is 1230 g/mol. The molecule has 2 atom stereocenters. The highest BCUT2D eigenvalue weighted by Crippen LogP contribution is 2.40. The van der Waals surface area contributed by atoms with Crippen LogP contribution in [-0.2, 0) is 57.6 Å². The Morgan fingerprint density at radius 3 is 1.23 bits per heavy atom. The Balaban J connectivity index is 0.000000472. The van der Waals surface area contributed by atoms with Crippen LogP contribution in [-0.4, -0.2) is 136 Å². The Hall–Kier alpha value is -6.00. The van der Waals surface area contributed by atoms with Gasteiger partial charge in [0.05, 0.1) is 80.1 Å². The van der Waals surface area contributed by atoms with E-state index in [2.05, 4.69) is 79.3 Å². The number of hydrogen-bond donors (Lipinski definition) is 0. The van der Waals surface area contributed by atoms with Crippen LogP contribution in [0.25, 0.3) is 28.6 Å². The summed E-state index contributed by atoms with van der Waals surface area (Å²) in [5.41, 5.74) is 3.36. The summed E-state index contributed by atoms with van der Waals surface area (Å²) in [6.45, 7) is 29.9. The van der Waals surface area contributed by atoms with E-state index in [0.717, 1.165) is 21.1 Å². The zero-order valence-electron chi connectivity index (χ0n) is 52.1. The van der Waals surface area contributed by atoms with Crippen molar-refractivity contribution < 1.29 is 67.9 Å².